The number of aliphatic hydroxyl groups is 1. The average Bonchev–Trinajstić information content (AvgIpc) is 2.74. The molecule has 4 heteroatoms. The third kappa shape index (κ3) is 2.36. The van der Waals surface area contributed by atoms with Crippen molar-refractivity contribution in [2.45, 2.75) is 12.5 Å². The van der Waals surface area contributed by atoms with Crippen LogP contribution in [0.1, 0.15) is 18.1 Å². The maximum absolute atomic E-state index is 10.0. The summed E-state index contributed by atoms with van der Waals surface area (Å²) in [6.07, 6.45) is 2.02. The van der Waals surface area contributed by atoms with E-state index in [1.807, 2.05) is 12.1 Å². The SMILES string of the molecule is OC(C1=CCCO1)c1cc(Cl)ccc1Br. The molecule has 15 heavy (non-hydrogen) atoms. The van der Waals surface area contributed by atoms with E-state index in [-0.39, 0.29) is 0 Å². The van der Waals surface area contributed by atoms with Gasteiger partial charge >= 0.3 is 0 Å². The summed E-state index contributed by atoms with van der Waals surface area (Å²) in [6, 6.07) is 5.32. The summed E-state index contributed by atoms with van der Waals surface area (Å²) in [5.41, 5.74) is 0.732. The van der Waals surface area contributed by atoms with E-state index in [4.69, 9.17) is 16.3 Å². The summed E-state index contributed by atoms with van der Waals surface area (Å²) in [5.74, 6) is 0.609. The lowest BCUT2D eigenvalue weighted by molar-refractivity contribution is 0.118. The summed E-state index contributed by atoms with van der Waals surface area (Å²) in [5, 5.41) is 10.6. The average molecular weight is 290 g/mol. The highest BCUT2D eigenvalue weighted by molar-refractivity contribution is 9.10. The lowest BCUT2D eigenvalue weighted by atomic mass is 10.1. The van der Waals surface area contributed by atoms with E-state index < -0.39 is 6.10 Å². The second-order valence-corrected chi connectivity index (χ2v) is 4.60. The molecule has 2 nitrogen and oxygen atoms in total. The van der Waals surface area contributed by atoms with Crippen molar-refractivity contribution in [2.75, 3.05) is 6.61 Å². The van der Waals surface area contributed by atoms with Crippen LogP contribution in [-0.4, -0.2) is 11.7 Å². The summed E-state index contributed by atoms with van der Waals surface area (Å²) in [7, 11) is 0. The predicted molar refractivity (Wildman–Crippen MR) is 62.8 cm³/mol. The highest BCUT2D eigenvalue weighted by Gasteiger charge is 2.20. The minimum absolute atomic E-state index is 0.603. The van der Waals surface area contributed by atoms with E-state index >= 15 is 0 Å². The van der Waals surface area contributed by atoms with Crippen LogP contribution in [0.3, 0.4) is 0 Å². The van der Waals surface area contributed by atoms with E-state index in [1.54, 1.807) is 12.1 Å². The van der Waals surface area contributed by atoms with Crippen molar-refractivity contribution in [1.82, 2.24) is 0 Å². The Kier molecular flexibility index (Phi) is 3.34. The number of halogens is 2. The fraction of sp³-hybridized carbons (Fsp3) is 0.273. The molecule has 0 saturated heterocycles. The van der Waals surface area contributed by atoms with Crippen molar-refractivity contribution in [3.05, 3.63) is 45.1 Å². The molecular weight excluding hydrogens is 279 g/mol. The molecule has 0 aromatic heterocycles. The van der Waals surface area contributed by atoms with E-state index in [0.29, 0.717) is 17.4 Å². The van der Waals surface area contributed by atoms with Crippen LogP contribution < -0.4 is 0 Å². The van der Waals surface area contributed by atoms with Crippen molar-refractivity contribution in [1.29, 1.82) is 0 Å². The molecule has 0 aliphatic carbocycles. The van der Waals surface area contributed by atoms with Gasteiger partial charge in [0.2, 0.25) is 0 Å². The topological polar surface area (TPSA) is 29.5 Å². The lowest BCUT2D eigenvalue weighted by Gasteiger charge is -2.14. The molecule has 1 aromatic rings. The van der Waals surface area contributed by atoms with Crippen LogP contribution in [0.4, 0.5) is 0 Å². The summed E-state index contributed by atoms with van der Waals surface area (Å²) < 4.78 is 6.14. The van der Waals surface area contributed by atoms with Gasteiger partial charge in [0.15, 0.2) is 0 Å². The third-order valence-corrected chi connectivity index (χ3v) is 3.21. The van der Waals surface area contributed by atoms with Gasteiger partial charge in [-0.25, -0.2) is 0 Å². The van der Waals surface area contributed by atoms with Crippen LogP contribution in [0.15, 0.2) is 34.5 Å². The number of hydrogen-bond donors (Lipinski definition) is 1. The number of ether oxygens (including phenoxy) is 1. The lowest BCUT2D eigenvalue weighted by Crippen LogP contribution is -2.03. The Morgan fingerprint density at radius 1 is 1.47 bits per heavy atom. The Labute approximate surface area is 102 Å². The number of aliphatic hydroxyl groups excluding tert-OH is 1. The normalized spacial score (nSPS) is 17.1. The first kappa shape index (κ1) is 11.0. The van der Waals surface area contributed by atoms with Crippen molar-refractivity contribution in [3.63, 3.8) is 0 Å². The largest absolute Gasteiger partial charge is 0.495 e. The zero-order chi connectivity index (χ0) is 10.8. The molecule has 1 unspecified atom stereocenters. The molecule has 0 saturated carbocycles. The molecule has 1 aliphatic rings. The first-order valence-electron chi connectivity index (χ1n) is 4.64. The monoisotopic (exact) mass is 288 g/mol. The molecule has 0 bridgehead atoms. The molecular formula is C11H10BrClO2. The van der Waals surface area contributed by atoms with Crippen LogP contribution in [0, 0.1) is 0 Å². The van der Waals surface area contributed by atoms with Gasteiger partial charge in [-0.1, -0.05) is 27.5 Å². The van der Waals surface area contributed by atoms with Gasteiger partial charge in [0.25, 0.3) is 0 Å². The molecule has 1 N–H and O–H groups in total. The van der Waals surface area contributed by atoms with Crippen LogP contribution in [0.25, 0.3) is 0 Å². The third-order valence-electron chi connectivity index (χ3n) is 2.25. The Balaban J connectivity index is 2.31. The van der Waals surface area contributed by atoms with Gasteiger partial charge in [-0.05, 0) is 24.3 Å². The Morgan fingerprint density at radius 3 is 2.93 bits per heavy atom. The second-order valence-electron chi connectivity index (χ2n) is 3.31. The summed E-state index contributed by atoms with van der Waals surface area (Å²) >= 11 is 9.25. The fourth-order valence-corrected chi connectivity index (χ4v) is 2.15. The molecule has 1 atom stereocenters. The van der Waals surface area contributed by atoms with Gasteiger partial charge < -0.3 is 9.84 Å². The Morgan fingerprint density at radius 2 is 2.27 bits per heavy atom. The number of rotatable bonds is 2. The number of hydrogen-bond acceptors (Lipinski definition) is 2. The Bertz CT molecular complexity index is 404. The van der Waals surface area contributed by atoms with Gasteiger partial charge in [0.1, 0.15) is 11.9 Å². The molecule has 1 aliphatic heterocycles. The summed E-state index contributed by atoms with van der Waals surface area (Å²) in [4.78, 5) is 0. The predicted octanol–water partition coefficient (Wildman–Crippen LogP) is 3.44. The molecule has 0 spiro atoms. The van der Waals surface area contributed by atoms with Gasteiger partial charge in [-0.2, -0.15) is 0 Å². The van der Waals surface area contributed by atoms with Crippen molar-refractivity contribution in [2.24, 2.45) is 0 Å². The first-order chi connectivity index (χ1) is 7.18. The van der Waals surface area contributed by atoms with Crippen molar-refractivity contribution >= 4 is 27.5 Å². The quantitative estimate of drug-likeness (QED) is 0.904. The smallest absolute Gasteiger partial charge is 0.137 e. The molecule has 0 amide bonds. The van der Waals surface area contributed by atoms with Crippen molar-refractivity contribution < 1.29 is 9.84 Å². The standard InChI is InChI=1S/C11H10BrClO2/c12-9-4-3-7(13)6-8(9)11(14)10-2-1-5-15-10/h2-4,6,11,14H,1,5H2. The van der Waals surface area contributed by atoms with Crippen LogP contribution >= 0.6 is 27.5 Å². The minimum Gasteiger partial charge on any atom is -0.495 e. The molecule has 80 valence electrons. The Hall–Kier alpha value is -0.510. The van der Waals surface area contributed by atoms with E-state index in [9.17, 15) is 5.11 Å². The molecule has 1 heterocycles. The van der Waals surface area contributed by atoms with E-state index in [2.05, 4.69) is 15.9 Å². The van der Waals surface area contributed by atoms with Crippen LogP contribution in [-0.2, 0) is 4.74 Å². The van der Waals surface area contributed by atoms with Gasteiger partial charge in [0, 0.05) is 21.5 Å². The van der Waals surface area contributed by atoms with E-state index in [0.717, 1.165) is 16.5 Å². The van der Waals surface area contributed by atoms with Crippen LogP contribution in [0.2, 0.25) is 5.02 Å². The minimum atomic E-state index is -0.736. The molecule has 0 fully saturated rings. The fourth-order valence-electron chi connectivity index (χ4n) is 1.50. The second kappa shape index (κ2) is 4.56. The van der Waals surface area contributed by atoms with Crippen LogP contribution in [0.5, 0.6) is 0 Å². The molecule has 1 aromatic carbocycles. The zero-order valence-electron chi connectivity index (χ0n) is 7.91. The maximum Gasteiger partial charge on any atom is 0.137 e. The first-order valence-corrected chi connectivity index (χ1v) is 5.81. The molecule has 2 rings (SSSR count). The molecule has 0 radical (unpaired) electrons. The maximum atomic E-state index is 10.0. The van der Waals surface area contributed by atoms with Gasteiger partial charge in [-0.15, -0.1) is 0 Å². The zero-order valence-corrected chi connectivity index (χ0v) is 10.3. The van der Waals surface area contributed by atoms with E-state index in [1.165, 1.54) is 0 Å². The van der Waals surface area contributed by atoms with Gasteiger partial charge in [-0.3, -0.25) is 0 Å². The highest BCUT2D eigenvalue weighted by Crippen LogP contribution is 2.32. The highest BCUT2D eigenvalue weighted by atomic mass is 79.9. The summed E-state index contributed by atoms with van der Waals surface area (Å²) in [6.45, 7) is 0.643. The van der Waals surface area contributed by atoms with Gasteiger partial charge in [0.05, 0.1) is 6.61 Å². The number of benzene rings is 1. The van der Waals surface area contributed by atoms with Crippen molar-refractivity contribution in [3.8, 4) is 0 Å².